The lowest BCUT2D eigenvalue weighted by Gasteiger charge is -2.24. The van der Waals surface area contributed by atoms with Crippen LogP contribution < -0.4 is 4.74 Å². The van der Waals surface area contributed by atoms with Crippen LogP contribution in [-0.2, 0) is 9.59 Å². The maximum Gasteiger partial charge on any atom is 0.295 e. The van der Waals surface area contributed by atoms with Crippen LogP contribution in [0.5, 0.6) is 5.75 Å². The lowest BCUT2D eigenvalue weighted by molar-refractivity contribution is -0.140. The summed E-state index contributed by atoms with van der Waals surface area (Å²) in [6.07, 6.45) is 1.42. The molecule has 1 aromatic carbocycles. The second kappa shape index (κ2) is 7.85. The molecule has 2 heterocycles. The Hall–Kier alpha value is -3.13. The smallest absolute Gasteiger partial charge is 0.295 e. The molecule has 1 aliphatic heterocycles. The minimum Gasteiger partial charge on any atom is -0.507 e. The van der Waals surface area contributed by atoms with Crippen molar-refractivity contribution in [2.24, 2.45) is 0 Å². The standard InChI is InChI=1S/C20H21FN2O5/c1-22(2)8-9-23-17(15-5-4-10-28-15)16(19(25)20(23)26)18(24)13-11-12(21)6-7-14(13)27-3/h4-7,10-11,17,24H,8-9H2,1-3H3. The van der Waals surface area contributed by atoms with Gasteiger partial charge in [0, 0.05) is 13.1 Å². The molecule has 0 saturated carbocycles. The molecule has 1 aromatic heterocycles. The number of furan rings is 1. The van der Waals surface area contributed by atoms with Crippen LogP contribution in [0.15, 0.2) is 46.6 Å². The number of rotatable bonds is 6. The van der Waals surface area contributed by atoms with Crippen molar-refractivity contribution in [1.82, 2.24) is 9.80 Å². The number of ketones is 1. The van der Waals surface area contributed by atoms with Gasteiger partial charge in [-0.15, -0.1) is 0 Å². The van der Waals surface area contributed by atoms with Crippen molar-refractivity contribution in [2.45, 2.75) is 6.04 Å². The average molecular weight is 388 g/mol. The zero-order valence-corrected chi connectivity index (χ0v) is 15.8. The van der Waals surface area contributed by atoms with Gasteiger partial charge < -0.3 is 24.1 Å². The molecule has 0 aliphatic carbocycles. The summed E-state index contributed by atoms with van der Waals surface area (Å²) in [6, 6.07) is 5.91. The Morgan fingerprint density at radius 1 is 1.32 bits per heavy atom. The summed E-state index contributed by atoms with van der Waals surface area (Å²) in [5.41, 5.74) is -0.174. The normalized spacial score (nSPS) is 18.9. The molecule has 148 valence electrons. The minimum absolute atomic E-state index is 0.00957. The van der Waals surface area contributed by atoms with E-state index in [2.05, 4.69) is 0 Å². The second-order valence-electron chi connectivity index (χ2n) is 6.66. The minimum atomic E-state index is -0.914. The molecule has 1 unspecified atom stereocenters. The quantitative estimate of drug-likeness (QED) is 0.465. The summed E-state index contributed by atoms with van der Waals surface area (Å²) >= 11 is 0. The van der Waals surface area contributed by atoms with Crippen LogP contribution in [0.4, 0.5) is 4.39 Å². The number of halogens is 1. The molecule has 0 bridgehead atoms. The number of methoxy groups -OCH3 is 1. The third kappa shape index (κ3) is 3.50. The highest BCUT2D eigenvalue weighted by Gasteiger charge is 2.47. The van der Waals surface area contributed by atoms with Gasteiger partial charge in [-0.05, 0) is 44.4 Å². The van der Waals surface area contributed by atoms with Gasteiger partial charge in [-0.3, -0.25) is 9.59 Å². The highest BCUT2D eigenvalue weighted by molar-refractivity contribution is 6.46. The van der Waals surface area contributed by atoms with Gasteiger partial charge in [0.25, 0.3) is 11.7 Å². The number of carbonyl (C=O) groups is 2. The third-order valence-corrected chi connectivity index (χ3v) is 4.56. The van der Waals surface area contributed by atoms with E-state index in [1.807, 2.05) is 19.0 Å². The van der Waals surface area contributed by atoms with E-state index < -0.39 is 29.3 Å². The summed E-state index contributed by atoms with van der Waals surface area (Å²) in [6.45, 7) is 0.758. The molecule has 0 radical (unpaired) electrons. The number of likely N-dealkylation sites (N-methyl/N-ethyl adjacent to an activating group) is 1. The van der Waals surface area contributed by atoms with Crippen molar-refractivity contribution >= 4 is 17.4 Å². The number of aliphatic hydroxyl groups excluding tert-OH is 1. The highest BCUT2D eigenvalue weighted by atomic mass is 19.1. The van der Waals surface area contributed by atoms with Gasteiger partial charge in [0.1, 0.15) is 29.1 Å². The molecule has 0 spiro atoms. The molecule has 7 nitrogen and oxygen atoms in total. The number of likely N-dealkylation sites (tertiary alicyclic amines) is 1. The van der Waals surface area contributed by atoms with Crippen LogP contribution in [0.1, 0.15) is 17.4 Å². The molecule has 1 saturated heterocycles. The number of hydrogen-bond donors (Lipinski definition) is 1. The van der Waals surface area contributed by atoms with Gasteiger partial charge in [-0.2, -0.15) is 0 Å². The lowest BCUT2D eigenvalue weighted by atomic mass is 9.98. The third-order valence-electron chi connectivity index (χ3n) is 4.56. The van der Waals surface area contributed by atoms with E-state index in [0.717, 1.165) is 6.07 Å². The Balaban J connectivity index is 2.17. The molecule has 1 amide bonds. The number of ether oxygens (including phenoxy) is 1. The average Bonchev–Trinajstić information content (AvgIpc) is 3.27. The first-order valence-electron chi connectivity index (χ1n) is 8.65. The Bertz CT molecular complexity index is 921. The number of Topliss-reactive ketones (excluding diaryl/α,β-unsaturated/α-hetero) is 1. The van der Waals surface area contributed by atoms with E-state index in [1.54, 1.807) is 12.1 Å². The molecule has 1 atom stereocenters. The fourth-order valence-corrected chi connectivity index (χ4v) is 3.17. The predicted molar refractivity (Wildman–Crippen MR) is 99.2 cm³/mol. The zero-order chi connectivity index (χ0) is 20.4. The Labute approximate surface area is 161 Å². The second-order valence-corrected chi connectivity index (χ2v) is 6.66. The molecule has 8 heteroatoms. The van der Waals surface area contributed by atoms with Gasteiger partial charge in [-0.25, -0.2) is 4.39 Å². The number of carbonyl (C=O) groups excluding carboxylic acids is 2. The molecular weight excluding hydrogens is 367 g/mol. The van der Waals surface area contributed by atoms with Gasteiger partial charge in [0.05, 0.1) is 24.5 Å². The lowest BCUT2D eigenvalue weighted by Crippen LogP contribution is -2.35. The Kier molecular flexibility index (Phi) is 5.51. The molecule has 28 heavy (non-hydrogen) atoms. The first kappa shape index (κ1) is 19.6. The van der Waals surface area contributed by atoms with Crippen molar-refractivity contribution in [3.63, 3.8) is 0 Å². The summed E-state index contributed by atoms with van der Waals surface area (Å²) < 4.78 is 24.4. The van der Waals surface area contributed by atoms with Gasteiger partial charge in [0.15, 0.2) is 0 Å². The van der Waals surface area contributed by atoms with Crippen LogP contribution >= 0.6 is 0 Å². The van der Waals surface area contributed by atoms with Crippen molar-refractivity contribution < 1.29 is 28.2 Å². The molecule has 2 aromatic rings. The van der Waals surface area contributed by atoms with Crippen LogP contribution in [0.3, 0.4) is 0 Å². The first-order chi connectivity index (χ1) is 13.3. The van der Waals surface area contributed by atoms with E-state index in [9.17, 15) is 19.1 Å². The number of hydrogen-bond acceptors (Lipinski definition) is 6. The van der Waals surface area contributed by atoms with Crippen LogP contribution in [0.2, 0.25) is 0 Å². The van der Waals surface area contributed by atoms with Crippen molar-refractivity contribution in [1.29, 1.82) is 0 Å². The fourth-order valence-electron chi connectivity index (χ4n) is 3.17. The van der Waals surface area contributed by atoms with E-state index in [4.69, 9.17) is 9.15 Å². The maximum absolute atomic E-state index is 13.8. The predicted octanol–water partition coefficient (Wildman–Crippen LogP) is 2.41. The SMILES string of the molecule is COc1ccc(F)cc1C(O)=C1C(=O)C(=O)N(CCN(C)C)C1c1ccco1. The molecule has 1 fully saturated rings. The van der Waals surface area contributed by atoms with Crippen molar-refractivity contribution in [2.75, 3.05) is 34.3 Å². The van der Waals surface area contributed by atoms with E-state index in [-0.39, 0.29) is 23.4 Å². The molecule has 3 rings (SSSR count). The number of nitrogens with zero attached hydrogens (tertiary/aromatic N) is 2. The van der Waals surface area contributed by atoms with Gasteiger partial charge >= 0.3 is 0 Å². The van der Waals surface area contributed by atoms with Crippen LogP contribution in [0, 0.1) is 5.82 Å². The molecule has 1 N–H and O–H groups in total. The molecule has 1 aliphatic rings. The van der Waals surface area contributed by atoms with Gasteiger partial charge in [0.2, 0.25) is 0 Å². The maximum atomic E-state index is 13.8. The number of benzene rings is 1. The fraction of sp³-hybridized carbons (Fsp3) is 0.300. The highest BCUT2D eigenvalue weighted by Crippen LogP contribution is 2.41. The monoisotopic (exact) mass is 388 g/mol. The summed E-state index contributed by atoms with van der Waals surface area (Å²) in [7, 11) is 5.05. The summed E-state index contributed by atoms with van der Waals surface area (Å²) in [5, 5.41) is 10.9. The Morgan fingerprint density at radius 2 is 2.07 bits per heavy atom. The number of aliphatic hydroxyl groups is 1. The van der Waals surface area contributed by atoms with Crippen molar-refractivity contribution in [3.8, 4) is 5.75 Å². The van der Waals surface area contributed by atoms with E-state index in [0.29, 0.717) is 12.3 Å². The first-order valence-corrected chi connectivity index (χ1v) is 8.65. The Morgan fingerprint density at radius 3 is 2.68 bits per heavy atom. The summed E-state index contributed by atoms with van der Waals surface area (Å²) in [5.74, 6) is -2.22. The van der Waals surface area contributed by atoms with E-state index >= 15 is 0 Å². The largest absolute Gasteiger partial charge is 0.507 e. The summed E-state index contributed by atoms with van der Waals surface area (Å²) in [4.78, 5) is 28.6. The van der Waals surface area contributed by atoms with Crippen LogP contribution in [-0.4, -0.2) is 60.9 Å². The van der Waals surface area contributed by atoms with Crippen LogP contribution in [0.25, 0.3) is 5.76 Å². The van der Waals surface area contributed by atoms with Crippen molar-refractivity contribution in [3.05, 3.63) is 59.3 Å². The van der Waals surface area contributed by atoms with E-state index in [1.165, 1.54) is 30.4 Å². The number of amides is 1. The topological polar surface area (TPSA) is 83.2 Å². The van der Waals surface area contributed by atoms with Gasteiger partial charge in [-0.1, -0.05) is 0 Å². The molecular formula is C20H21FN2O5. The zero-order valence-electron chi connectivity index (χ0n) is 15.8.